The Morgan fingerprint density at radius 2 is 1.82 bits per heavy atom. The van der Waals surface area contributed by atoms with E-state index in [0.29, 0.717) is 6.54 Å². The van der Waals surface area contributed by atoms with Gasteiger partial charge in [-0.25, -0.2) is 9.97 Å². The lowest BCUT2D eigenvalue weighted by Crippen LogP contribution is -2.36. The Balaban J connectivity index is 1.32. The molecule has 0 aliphatic carbocycles. The average Bonchev–Trinajstić information content (AvgIpc) is 3.42. The highest BCUT2D eigenvalue weighted by Gasteiger charge is 2.19. The summed E-state index contributed by atoms with van der Waals surface area (Å²) in [6.07, 6.45) is 0. The standard InChI is InChI=1S/C26H26N4O2S2/c31-24(29-25(22-11-6-16-33-22)19-7-2-1-3-8-19)18-34-26-20-9-4-5-10-21(20)27-23(28-26)17-30-12-14-32-15-13-30/h1-11,16,25H,12-15,17-18H2,(H,29,31)/t25-/m0/s1. The summed E-state index contributed by atoms with van der Waals surface area (Å²) >= 11 is 3.11. The van der Waals surface area contributed by atoms with E-state index in [2.05, 4.69) is 16.3 Å². The summed E-state index contributed by atoms with van der Waals surface area (Å²) in [6.45, 7) is 3.92. The molecule has 1 aliphatic heterocycles. The van der Waals surface area contributed by atoms with Crippen LogP contribution in [0.5, 0.6) is 0 Å². The van der Waals surface area contributed by atoms with Gasteiger partial charge in [-0.15, -0.1) is 11.3 Å². The maximum absolute atomic E-state index is 13.0. The molecule has 0 spiro atoms. The van der Waals surface area contributed by atoms with Crippen molar-refractivity contribution in [2.75, 3.05) is 32.1 Å². The molecule has 34 heavy (non-hydrogen) atoms. The third-order valence-electron chi connectivity index (χ3n) is 5.69. The molecule has 8 heteroatoms. The minimum atomic E-state index is -0.159. The number of para-hydroxylation sites is 1. The summed E-state index contributed by atoms with van der Waals surface area (Å²) in [7, 11) is 0. The topological polar surface area (TPSA) is 67.4 Å². The van der Waals surface area contributed by atoms with Gasteiger partial charge in [-0.2, -0.15) is 0 Å². The highest BCUT2D eigenvalue weighted by molar-refractivity contribution is 8.00. The molecule has 0 radical (unpaired) electrons. The third kappa shape index (κ3) is 5.64. The van der Waals surface area contributed by atoms with Gasteiger partial charge in [-0.3, -0.25) is 9.69 Å². The first-order valence-corrected chi connectivity index (χ1v) is 13.2. The van der Waals surface area contributed by atoms with Gasteiger partial charge in [-0.05, 0) is 23.1 Å². The number of nitrogens with zero attached hydrogens (tertiary/aromatic N) is 3. The first-order chi connectivity index (χ1) is 16.8. The van der Waals surface area contributed by atoms with Gasteiger partial charge in [-0.1, -0.05) is 66.4 Å². The van der Waals surface area contributed by atoms with Gasteiger partial charge in [0.2, 0.25) is 5.91 Å². The fourth-order valence-corrected chi connectivity index (χ4v) is 5.64. The zero-order valence-electron chi connectivity index (χ0n) is 18.7. The van der Waals surface area contributed by atoms with E-state index in [9.17, 15) is 4.79 Å². The maximum Gasteiger partial charge on any atom is 0.231 e. The molecule has 2 aromatic carbocycles. The van der Waals surface area contributed by atoms with E-state index < -0.39 is 0 Å². The van der Waals surface area contributed by atoms with Crippen LogP contribution in [-0.2, 0) is 16.1 Å². The van der Waals surface area contributed by atoms with Gasteiger partial charge in [0.15, 0.2) is 0 Å². The molecule has 174 valence electrons. The fraction of sp³-hybridized carbons (Fsp3) is 0.269. The van der Waals surface area contributed by atoms with E-state index in [4.69, 9.17) is 14.7 Å². The van der Waals surface area contributed by atoms with Gasteiger partial charge in [0.05, 0.1) is 37.1 Å². The number of carbonyl (C=O) groups is 1. The number of rotatable bonds is 8. The van der Waals surface area contributed by atoms with Gasteiger partial charge >= 0.3 is 0 Å². The highest BCUT2D eigenvalue weighted by atomic mass is 32.2. The molecule has 0 saturated carbocycles. The van der Waals surface area contributed by atoms with Crippen LogP contribution in [0.15, 0.2) is 77.1 Å². The molecule has 4 aromatic rings. The predicted molar refractivity (Wildman–Crippen MR) is 137 cm³/mol. The summed E-state index contributed by atoms with van der Waals surface area (Å²) in [6, 6.07) is 22.0. The molecule has 6 nitrogen and oxygen atoms in total. The first kappa shape index (κ1) is 23.0. The minimum Gasteiger partial charge on any atom is -0.379 e. The normalized spacial score (nSPS) is 15.3. The molecule has 2 aromatic heterocycles. The van der Waals surface area contributed by atoms with Crippen molar-refractivity contribution in [1.29, 1.82) is 0 Å². The van der Waals surface area contributed by atoms with E-state index in [0.717, 1.165) is 58.5 Å². The summed E-state index contributed by atoms with van der Waals surface area (Å²) in [5.74, 6) is 1.04. The Labute approximate surface area is 207 Å². The van der Waals surface area contributed by atoms with Crippen LogP contribution in [0, 0.1) is 0 Å². The smallest absolute Gasteiger partial charge is 0.231 e. The van der Waals surface area contributed by atoms with Crippen molar-refractivity contribution < 1.29 is 9.53 Å². The number of thioether (sulfide) groups is 1. The van der Waals surface area contributed by atoms with Crippen molar-refractivity contribution >= 4 is 39.9 Å². The average molecular weight is 491 g/mol. The number of ether oxygens (including phenoxy) is 1. The van der Waals surface area contributed by atoms with Crippen LogP contribution in [-0.4, -0.2) is 52.8 Å². The molecule has 0 unspecified atom stereocenters. The Morgan fingerprint density at radius 1 is 1.03 bits per heavy atom. The van der Waals surface area contributed by atoms with Gasteiger partial charge in [0.1, 0.15) is 10.9 Å². The Kier molecular flexibility index (Phi) is 7.50. The van der Waals surface area contributed by atoms with Crippen molar-refractivity contribution in [3.63, 3.8) is 0 Å². The molecule has 1 amide bonds. The second kappa shape index (κ2) is 11.1. The van der Waals surface area contributed by atoms with Crippen LogP contribution in [0.3, 0.4) is 0 Å². The van der Waals surface area contributed by atoms with E-state index in [1.54, 1.807) is 11.3 Å². The molecule has 1 atom stereocenters. The quantitative estimate of drug-likeness (QED) is 0.289. The number of carbonyl (C=O) groups excluding carboxylic acids is 1. The molecule has 3 heterocycles. The van der Waals surface area contributed by atoms with Crippen LogP contribution < -0.4 is 5.32 Å². The van der Waals surface area contributed by atoms with Crippen LogP contribution in [0.4, 0.5) is 0 Å². The van der Waals surface area contributed by atoms with Crippen molar-refractivity contribution in [3.05, 3.63) is 88.4 Å². The molecular formula is C26H26N4O2S2. The van der Waals surface area contributed by atoms with Crippen LogP contribution in [0.2, 0.25) is 0 Å². The zero-order valence-corrected chi connectivity index (χ0v) is 20.4. The van der Waals surface area contributed by atoms with E-state index >= 15 is 0 Å². The fourth-order valence-electron chi connectivity index (χ4n) is 3.99. The first-order valence-electron chi connectivity index (χ1n) is 11.3. The molecule has 0 bridgehead atoms. The molecule has 1 aliphatic rings. The zero-order chi connectivity index (χ0) is 23.2. The van der Waals surface area contributed by atoms with E-state index in [1.165, 1.54) is 11.8 Å². The van der Waals surface area contributed by atoms with Crippen LogP contribution in [0.1, 0.15) is 22.3 Å². The van der Waals surface area contributed by atoms with Crippen LogP contribution in [0.25, 0.3) is 10.9 Å². The summed E-state index contributed by atoms with van der Waals surface area (Å²) < 4.78 is 5.46. The number of amides is 1. The Bertz CT molecular complexity index is 1230. The monoisotopic (exact) mass is 490 g/mol. The van der Waals surface area contributed by atoms with E-state index in [1.807, 2.05) is 66.0 Å². The molecule has 5 rings (SSSR count). The summed E-state index contributed by atoms with van der Waals surface area (Å²) in [5, 5.41) is 7.08. The largest absolute Gasteiger partial charge is 0.379 e. The Morgan fingerprint density at radius 3 is 2.62 bits per heavy atom. The van der Waals surface area contributed by atoms with Crippen LogP contribution >= 0.6 is 23.1 Å². The SMILES string of the molecule is O=C(CSc1nc(CN2CCOCC2)nc2ccccc12)N[C@@H](c1ccccc1)c1cccs1. The van der Waals surface area contributed by atoms with Crippen molar-refractivity contribution in [3.8, 4) is 0 Å². The Hall–Kier alpha value is -2.78. The van der Waals surface area contributed by atoms with Gasteiger partial charge in [0, 0.05) is 23.4 Å². The number of aromatic nitrogens is 2. The molecular weight excluding hydrogens is 464 g/mol. The van der Waals surface area contributed by atoms with Crippen molar-refractivity contribution in [2.45, 2.75) is 17.6 Å². The van der Waals surface area contributed by atoms with Gasteiger partial charge < -0.3 is 10.1 Å². The number of nitrogens with one attached hydrogen (secondary N) is 1. The summed E-state index contributed by atoms with van der Waals surface area (Å²) in [4.78, 5) is 26.1. The number of hydrogen-bond acceptors (Lipinski definition) is 7. The third-order valence-corrected chi connectivity index (χ3v) is 7.62. The lowest BCUT2D eigenvalue weighted by atomic mass is 10.1. The van der Waals surface area contributed by atoms with E-state index in [-0.39, 0.29) is 17.7 Å². The number of benzene rings is 2. The maximum atomic E-state index is 13.0. The minimum absolute atomic E-state index is 0.0234. The van der Waals surface area contributed by atoms with Crippen molar-refractivity contribution in [1.82, 2.24) is 20.2 Å². The highest BCUT2D eigenvalue weighted by Crippen LogP contribution is 2.28. The second-order valence-corrected chi connectivity index (χ2v) is 10.0. The number of fused-ring (bicyclic) bond motifs is 1. The van der Waals surface area contributed by atoms with Crippen molar-refractivity contribution in [2.24, 2.45) is 0 Å². The number of hydrogen-bond donors (Lipinski definition) is 1. The number of thiophene rings is 1. The molecule has 1 N–H and O–H groups in total. The molecule has 1 saturated heterocycles. The second-order valence-electron chi connectivity index (χ2n) is 8.07. The predicted octanol–water partition coefficient (Wildman–Crippen LogP) is 4.52. The summed E-state index contributed by atoms with van der Waals surface area (Å²) in [5.41, 5.74) is 1.98. The van der Waals surface area contributed by atoms with Gasteiger partial charge in [0.25, 0.3) is 0 Å². The lowest BCUT2D eigenvalue weighted by molar-refractivity contribution is -0.119. The number of morpholine rings is 1. The molecule has 1 fully saturated rings. The lowest BCUT2D eigenvalue weighted by Gasteiger charge is -2.26.